The lowest BCUT2D eigenvalue weighted by atomic mass is 10.1. The number of ether oxygens (including phenoxy) is 2. The fraction of sp³-hybridized carbons (Fsp3) is 0.400. The lowest BCUT2D eigenvalue weighted by molar-refractivity contribution is 0.356. The summed E-state index contributed by atoms with van der Waals surface area (Å²) in [6, 6.07) is 5.67. The Kier molecular flexibility index (Phi) is 5.15. The minimum Gasteiger partial charge on any atom is -0.493 e. The first kappa shape index (κ1) is 16.5. The van der Waals surface area contributed by atoms with Gasteiger partial charge in [-0.25, -0.2) is 4.98 Å². The first-order valence-corrected chi connectivity index (χ1v) is 7.01. The van der Waals surface area contributed by atoms with Crippen LogP contribution in [0.5, 0.6) is 11.5 Å². The molecule has 3 rings (SSSR count). The summed E-state index contributed by atoms with van der Waals surface area (Å²) in [7, 11) is 3.23. The summed E-state index contributed by atoms with van der Waals surface area (Å²) in [6.45, 7) is 3.80. The van der Waals surface area contributed by atoms with E-state index in [1.54, 1.807) is 14.2 Å². The highest BCUT2D eigenvalue weighted by atomic mass is 35.5. The number of pyridine rings is 1. The largest absolute Gasteiger partial charge is 0.493 e. The van der Waals surface area contributed by atoms with Gasteiger partial charge in [0.2, 0.25) is 0 Å². The normalized spacial score (nSPS) is 14.5. The standard InChI is InChI=1S/C15H20N4O2.ClH/c1-20-13-7-10-11(16)8-15(19-5-3-17-4-6-19)18-12(10)9-14(13)21-2;/h7-9,17H,3-6H2,1-2H3,(H2,16,18);1H. The van der Waals surface area contributed by atoms with Crippen molar-refractivity contribution in [1.29, 1.82) is 0 Å². The second-order valence-electron chi connectivity index (χ2n) is 5.03. The average molecular weight is 325 g/mol. The van der Waals surface area contributed by atoms with Gasteiger partial charge in [0.05, 0.1) is 19.7 Å². The summed E-state index contributed by atoms with van der Waals surface area (Å²) >= 11 is 0. The number of hydrogen-bond acceptors (Lipinski definition) is 6. The van der Waals surface area contributed by atoms with Crippen molar-refractivity contribution in [2.24, 2.45) is 0 Å². The fourth-order valence-electron chi connectivity index (χ4n) is 2.62. The third kappa shape index (κ3) is 2.98. The summed E-state index contributed by atoms with van der Waals surface area (Å²) in [5.74, 6) is 2.23. The molecule has 1 saturated heterocycles. The Bertz CT molecular complexity index is 660. The Morgan fingerprint density at radius 2 is 1.73 bits per heavy atom. The molecule has 22 heavy (non-hydrogen) atoms. The molecule has 1 aliphatic heterocycles. The second kappa shape index (κ2) is 6.89. The molecular formula is C15H21ClN4O2. The van der Waals surface area contributed by atoms with Crippen LogP contribution in [0, 0.1) is 0 Å². The fourth-order valence-corrected chi connectivity index (χ4v) is 2.62. The number of nitrogen functional groups attached to an aromatic ring is 1. The number of nitrogens with one attached hydrogen (secondary N) is 1. The van der Waals surface area contributed by atoms with Crippen molar-refractivity contribution in [3.05, 3.63) is 18.2 Å². The van der Waals surface area contributed by atoms with Gasteiger partial charge < -0.3 is 25.4 Å². The number of benzene rings is 1. The van der Waals surface area contributed by atoms with Crippen molar-refractivity contribution < 1.29 is 9.47 Å². The monoisotopic (exact) mass is 324 g/mol. The van der Waals surface area contributed by atoms with Crippen LogP contribution in [0.1, 0.15) is 0 Å². The van der Waals surface area contributed by atoms with Crippen LogP contribution in [-0.4, -0.2) is 45.4 Å². The number of nitrogens with zero attached hydrogens (tertiary/aromatic N) is 2. The van der Waals surface area contributed by atoms with Crippen LogP contribution in [0.25, 0.3) is 10.9 Å². The number of fused-ring (bicyclic) bond motifs is 1. The topological polar surface area (TPSA) is 72.6 Å². The van der Waals surface area contributed by atoms with Crippen LogP contribution in [0.4, 0.5) is 11.5 Å². The molecule has 1 aromatic carbocycles. The van der Waals surface area contributed by atoms with Gasteiger partial charge in [0.15, 0.2) is 11.5 Å². The van der Waals surface area contributed by atoms with Crippen LogP contribution in [0.15, 0.2) is 18.2 Å². The van der Waals surface area contributed by atoms with Crippen molar-refractivity contribution in [2.75, 3.05) is 51.0 Å². The van der Waals surface area contributed by atoms with Crippen LogP contribution < -0.4 is 25.4 Å². The molecule has 0 aliphatic carbocycles. The van der Waals surface area contributed by atoms with E-state index >= 15 is 0 Å². The molecule has 3 N–H and O–H groups in total. The third-order valence-electron chi connectivity index (χ3n) is 3.77. The highest BCUT2D eigenvalue weighted by molar-refractivity contribution is 5.94. The SMILES string of the molecule is COc1cc2nc(N3CCNCC3)cc(N)c2cc1OC.Cl. The van der Waals surface area contributed by atoms with Gasteiger partial charge in [0.1, 0.15) is 5.82 Å². The van der Waals surface area contributed by atoms with E-state index in [4.69, 9.17) is 20.2 Å². The van der Waals surface area contributed by atoms with Crippen LogP contribution >= 0.6 is 12.4 Å². The molecule has 1 fully saturated rings. The van der Waals surface area contributed by atoms with Gasteiger partial charge in [-0.15, -0.1) is 12.4 Å². The smallest absolute Gasteiger partial charge is 0.162 e. The summed E-state index contributed by atoms with van der Waals surface area (Å²) in [5.41, 5.74) is 7.72. The van der Waals surface area contributed by atoms with Crippen LogP contribution in [0.3, 0.4) is 0 Å². The molecule has 120 valence electrons. The lowest BCUT2D eigenvalue weighted by Gasteiger charge is -2.28. The molecule has 0 radical (unpaired) electrons. The van der Waals surface area contributed by atoms with E-state index in [2.05, 4.69) is 10.2 Å². The van der Waals surface area contributed by atoms with E-state index in [0.29, 0.717) is 17.2 Å². The van der Waals surface area contributed by atoms with E-state index in [-0.39, 0.29) is 12.4 Å². The molecule has 0 saturated carbocycles. The zero-order chi connectivity index (χ0) is 14.8. The van der Waals surface area contributed by atoms with Gasteiger partial charge in [0.25, 0.3) is 0 Å². The van der Waals surface area contributed by atoms with Gasteiger partial charge in [-0.2, -0.15) is 0 Å². The number of halogens is 1. The molecule has 1 aliphatic rings. The molecule has 0 spiro atoms. The Morgan fingerprint density at radius 1 is 1.09 bits per heavy atom. The predicted molar refractivity (Wildman–Crippen MR) is 91.6 cm³/mol. The van der Waals surface area contributed by atoms with E-state index < -0.39 is 0 Å². The second-order valence-corrected chi connectivity index (χ2v) is 5.03. The van der Waals surface area contributed by atoms with Gasteiger partial charge in [-0.3, -0.25) is 0 Å². The summed E-state index contributed by atoms with van der Waals surface area (Å²) < 4.78 is 10.7. The van der Waals surface area contributed by atoms with E-state index in [0.717, 1.165) is 42.9 Å². The van der Waals surface area contributed by atoms with Crippen LogP contribution in [0.2, 0.25) is 0 Å². The van der Waals surface area contributed by atoms with Crippen LogP contribution in [-0.2, 0) is 0 Å². The van der Waals surface area contributed by atoms with Gasteiger partial charge in [-0.05, 0) is 6.07 Å². The number of methoxy groups -OCH3 is 2. The van der Waals surface area contributed by atoms with Crippen molar-refractivity contribution in [2.45, 2.75) is 0 Å². The van der Waals surface area contributed by atoms with Gasteiger partial charge >= 0.3 is 0 Å². The molecule has 2 aromatic rings. The third-order valence-corrected chi connectivity index (χ3v) is 3.77. The Labute approximate surface area is 136 Å². The van der Waals surface area contributed by atoms with Gasteiger partial charge in [0, 0.05) is 49.4 Å². The van der Waals surface area contributed by atoms with Crippen molar-refractivity contribution in [1.82, 2.24) is 10.3 Å². The first-order chi connectivity index (χ1) is 10.2. The Balaban J connectivity index is 0.00000176. The average Bonchev–Trinajstić information content (AvgIpc) is 2.54. The van der Waals surface area contributed by atoms with E-state index in [1.807, 2.05) is 18.2 Å². The Hall–Kier alpha value is -1.92. The molecule has 0 bridgehead atoms. The van der Waals surface area contributed by atoms with Gasteiger partial charge in [-0.1, -0.05) is 0 Å². The molecule has 6 nitrogen and oxygen atoms in total. The maximum absolute atomic E-state index is 6.20. The minimum absolute atomic E-state index is 0. The molecule has 7 heteroatoms. The number of nitrogens with two attached hydrogens (primary N) is 1. The van der Waals surface area contributed by atoms with Crippen molar-refractivity contribution in [3.8, 4) is 11.5 Å². The summed E-state index contributed by atoms with van der Waals surface area (Å²) in [5, 5.41) is 4.21. The number of piperazine rings is 1. The predicted octanol–water partition coefficient (Wildman–Crippen LogP) is 1.67. The number of hydrogen-bond donors (Lipinski definition) is 2. The molecule has 2 heterocycles. The highest BCUT2D eigenvalue weighted by Crippen LogP contribution is 2.35. The molecular weight excluding hydrogens is 304 g/mol. The van der Waals surface area contributed by atoms with Crippen molar-refractivity contribution >= 4 is 34.8 Å². The molecule has 0 atom stereocenters. The van der Waals surface area contributed by atoms with E-state index in [1.165, 1.54) is 0 Å². The molecule has 1 aromatic heterocycles. The van der Waals surface area contributed by atoms with E-state index in [9.17, 15) is 0 Å². The van der Waals surface area contributed by atoms with Crippen molar-refractivity contribution in [3.63, 3.8) is 0 Å². The minimum atomic E-state index is 0. The summed E-state index contributed by atoms with van der Waals surface area (Å²) in [6.07, 6.45) is 0. The summed E-state index contributed by atoms with van der Waals surface area (Å²) in [4.78, 5) is 6.97. The number of aromatic nitrogens is 1. The Morgan fingerprint density at radius 3 is 2.36 bits per heavy atom. The maximum atomic E-state index is 6.20. The number of anilines is 2. The quantitative estimate of drug-likeness (QED) is 0.894. The zero-order valence-corrected chi connectivity index (χ0v) is 13.6. The zero-order valence-electron chi connectivity index (χ0n) is 12.8. The first-order valence-electron chi connectivity index (χ1n) is 7.01. The lowest BCUT2D eigenvalue weighted by Crippen LogP contribution is -2.43. The maximum Gasteiger partial charge on any atom is 0.162 e. The molecule has 0 amide bonds. The molecule has 0 unspecified atom stereocenters. The highest BCUT2D eigenvalue weighted by Gasteiger charge is 2.15. The number of rotatable bonds is 3.